The summed E-state index contributed by atoms with van der Waals surface area (Å²) in [5.74, 6) is 2.33. The fraction of sp³-hybridized carbons (Fsp3) is 0.118. The molecule has 0 aliphatic carbocycles. The number of H-pyrrole nitrogens is 1. The monoisotopic (exact) mass is 305 g/mol. The second kappa shape index (κ2) is 5.57. The number of rotatable bonds is 4. The van der Waals surface area contributed by atoms with E-state index in [9.17, 15) is 0 Å². The first-order valence-electron chi connectivity index (χ1n) is 7.33. The third-order valence-electron chi connectivity index (χ3n) is 3.63. The van der Waals surface area contributed by atoms with Gasteiger partial charge in [0, 0.05) is 23.3 Å². The molecule has 0 radical (unpaired) electrons. The van der Waals surface area contributed by atoms with E-state index in [0.717, 1.165) is 33.6 Å². The Morgan fingerprint density at radius 1 is 1.13 bits per heavy atom. The lowest BCUT2D eigenvalue weighted by atomic mass is 10.1. The van der Waals surface area contributed by atoms with E-state index in [1.807, 2.05) is 49.6 Å². The van der Waals surface area contributed by atoms with Crippen LogP contribution in [0.2, 0.25) is 0 Å². The Morgan fingerprint density at radius 3 is 2.87 bits per heavy atom. The number of nitrogens with one attached hydrogen (secondary N) is 2. The number of anilines is 1. The SMILES string of the molecule is Cc1ccc(CNc2ncc3ccc(-c4cn[nH]c4)cc3n2)o1. The molecule has 0 bridgehead atoms. The third kappa shape index (κ3) is 2.78. The van der Waals surface area contributed by atoms with Crippen LogP contribution < -0.4 is 5.32 Å². The summed E-state index contributed by atoms with van der Waals surface area (Å²) in [4.78, 5) is 8.91. The summed E-state index contributed by atoms with van der Waals surface area (Å²) < 4.78 is 5.53. The van der Waals surface area contributed by atoms with Gasteiger partial charge in [0.2, 0.25) is 5.95 Å². The molecular formula is C17H15N5O. The Balaban J connectivity index is 1.61. The molecule has 0 saturated heterocycles. The van der Waals surface area contributed by atoms with Crippen LogP contribution in [0.25, 0.3) is 22.0 Å². The predicted molar refractivity (Wildman–Crippen MR) is 87.9 cm³/mol. The van der Waals surface area contributed by atoms with Gasteiger partial charge >= 0.3 is 0 Å². The third-order valence-corrected chi connectivity index (χ3v) is 3.63. The summed E-state index contributed by atoms with van der Waals surface area (Å²) in [6.45, 7) is 2.48. The summed E-state index contributed by atoms with van der Waals surface area (Å²) >= 11 is 0. The molecule has 4 aromatic rings. The van der Waals surface area contributed by atoms with Gasteiger partial charge in [-0.3, -0.25) is 5.10 Å². The fourth-order valence-corrected chi connectivity index (χ4v) is 2.44. The molecule has 114 valence electrons. The van der Waals surface area contributed by atoms with E-state index >= 15 is 0 Å². The van der Waals surface area contributed by atoms with Gasteiger partial charge in [0.15, 0.2) is 0 Å². The Hall–Kier alpha value is -3.15. The molecule has 0 fully saturated rings. The smallest absolute Gasteiger partial charge is 0.223 e. The zero-order valence-corrected chi connectivity index (χ0v) is 12.6. The average Bonchev–Trinajstić information content (AvgIpc) is 3.24. The van der Waals surface area contributed by atoms with Crippen LogP contribution in [-0.2, 0) is 6.54 Å². The van der Waals surface area contributed by atoms with Crippen molar-refractivity contribution >= 4 is 16.9 Å². The van der Waals surface area contributed by atoms with Crippen molar-refractivity contribution in [1.29, 1.82) is 0 Å². The molecule has 2 N–H and O–H groups in total. The second-order valence-electron chi connectivity index (χ2n) is 5.32. The maximum Gasteiger partial charge on any atom is 0.223 e. The average molecular weight is 305 g/mol. The van der Waals surface area contributed by atoms with Crippen molar-refractivity contribution in [3.63, 3.8) is 0 Å². The van der Waals surface area contributed by atoms with Crippen LogP contribution in [0.3, 0.4) is 0 Å². The van der Waals surface area contributed by atoms with Crippen LogP contribution in [0.1, 0.15) is 11.5 Å². The molecule has 6 heteroatoms. The largest absolute Gasteiger partial charge is 0.465 e. The summed E-state index contributed by atoms with van der Waals surface area (Å²) in [5.41, 5.74) is 2.99. The molecule has 23 heavy (non-hydrogen) atoms. The van der Waals surface area contributed by atoms with Crippen molar-refractivity contribution in [2.75, 3.05) is 5.32 Å². The van der Waals surface area contributed by atoms with Gasteiger partial charge in [0.1, 0.15) is 11.5 Å². The molecule has 0 unspecified atom stereocenters. The first-order valence-corrected chi connectivity index (χ1v) is 7.33. The van der Waals surface area contributed by atoms with Gasteiger partial charge in [-0.15, -0.1) is 0 Å². The van der Waals surface area contributed by atoms with E-state index in [1.165, 1.54) is 0 Å². The molecule has 6 nitrogen and oxygen atoms in total. The van der Waals surface area contributed by atoms with Gasteiger partial charge < -0.3 is 9.73 Å². The van der Waals surface area contributed by atoms with Crippen LogP contribution in [0.5, 0.6) is 0 Å². The Bertz CT molecular complexity index is 943. The topological polar surface area (TPSA) is 79.6 Å². The molecule has 4 rings (SSSR count). The number of hydrogen-bond donors (Lipinski definition) is 2. The first-order chi connectivity index (χ1) is 11.3. The number of aryl methyl sites for hydroxylation is 1. The Kier molecular flexibility index (Phi) is 3.27. The summed E-state index contributed by atoms with van der Waals surface area (Å²) in [7, 11) is 0. The number of nitrogens with zero attached hydrogens (tertiary/aromatic N) is 3. The quantitative estimate of drug-likeness (QED) is 0.603. The molecule has 0 amide bonds. The minimum atomic E-state index is 0.556. The van der Waals surface area contributed by atoms with Crippen molar-refractivity contribution < 1.29 is 4.42 Å². The second-order valence-corrected chi connectivity index (χ2v) is 5.32. The van der Waals surface area contributed by atoms with Crippen molar-refractivity contribution in [1.82, 2.24) is 20.2 Å². The zero-order chi connectivity index (χ0) is 15.6. The highest BCUT2D eigenvalue weighted by Crippen LogP contribution is 2.23. The Morgan fingerprint density at radius 2 is 2.09 bits per heavy atom. The minimum absolute atomic E-state index is 0.556. The number of hydrogen-bond acceptors (Lipinski definition) is 5. The van der Waals surface area contributed by atoms with Crippen molar-refractivity contribution in [3.8, 4) is 11.1 Å². The number of aromatic nitrogens is 4. The predicted octanol–water partition coefficient (Wildman–Crippen LogP) is 3.53. The first kappa shape index (κ1) is 13.5. The number of fused-ring (bicyclic) bond motifs is 1. The van der Waals surface area contributed by atoms with Crippen LogP contribution in [0.4, 0.5) is 5.95 Å². The van der Waals surface area contributed by atoms with Crippen molar-refractivity contribution in [2.45, 2.75) is 13.5 Å². The zero-order valence-electron chi connectivity index (χ0n) is 12.6. The highest BCUT2D eigenvalue weighted by atomic mass is 16.3. The van der Waals surface area contributed by atoms with Crippen LogP contribution in [0, 0.1) is 6.92 Å². The highest BCUT2D eigenvalue weighted by Gasteiger charge is 2.05. The van der Waals surface area contributed by atoms with E-state index in [0.29, 0.717) is 12.5 Å². The summed E-state index contributed by atoms with van der Waals surface area (Å²) in [6.07, 6.45) is 5.47. The lowest BCUT2D eigenvalue weighted by Gasteiger charge is -2.05. The molecule has 0 aliphatic heterocycles. The molecular weight excluding hydrogens is 290 g/mol. The van der Waals surface area contributed by atoms with Crippen LogP contribution >= 0.6 is 0 Å². The van der Waals surface area contributed by atoms with Gasteiger partial charge in [-0.1, -0.05) is 12.1 Å². The van der Waals surface area contributed by atoms with Gasteiger partial charge in [-0.2, -0.15) is 5.10 Å². The molecule has 0 aliphatic rings. The fourth-order valence-electron chi connectivity index (χ4n) is 2.44. The number of benzene rings is 1. The van der Waals surface area contributed by atoms with Gasteiger partial charge in [-0.25, -0.2) is 9.97 Å². The Labute approximate surface area is 132 Å². The van der Waals surface area contributed by atoms with E-state index in [2.05, 4.69) is 25.5 Å². The van der Waals surface area contributed by atoms with Gasteiger partial charge in [0.05, 0.1) is 18.3 Å². The molecule has 3 aromatic heterocycles. The van der Waals surface area contributed by atoms with E-state index in [-0.39, 0.29) is 0 Å². The van der Waals surface area contributed by atoms with Crippen molar-refractivity contribution in [2.24, 2.45) is 0 Å². The molecule has 0 spiro atoms. The lowest BCUT2D eigenvalue weighted by molar-refractivity contribution is 0.490. The normalized spacial score (nSPS) is 11.0. The molecule has 3 heterocycles. The number of furan rings is 1. The molecule has 1 aromatic carbocycles. The molecule has 0 atom stereocenters. The summed E-state index contributed by atoms with van der Waals surface area (Å²) in [6, 6.07) is 9.96. The number of aromatic amines is 1. The summed E-state index contributed by atoms with van der Waals surface area (Å²) in [5, 5.41) is 11.0. The van der Waals surface area contributed by atoms with Crippen molar-refractivity contribution in [3.05, 3.63) is 60.4 Å². The van der Waals surface area contributed by atoms with Gasteiger partial charge in [-0.05, 0) is 30.7 Å². The maximum absolute atomic E-state index is 5.53. The van der Waals surface area contributed by atoms with E-state index in [4.69, 9.17) is 4.42 Å². The van der Waals surface area contributed by atoms with E-state index < -0.39 is 0 Å². The van der Waals surface area contributed by atoms with Gasteiger partial charge in [0.25, 0.3) is 0 Å². The highest BCUT2D eigenvalue weighted by molar-refractivity contribution is 5.84. The standard InChI is InChI=1S/C17H15N5O/c1-11-2-5-15(23-11)10-19-17-18-7-13-4-3-12(6-16(13)22-17)14-8-20-21-9-14/h2-9H,10H2,1H3,(H,20,21)(H,18,19,22). The van der Waals surface area contributed by atoms with E-state index in [1.54, 1.807) is 6.20 Å². The molecule has 0 saturated carbocycles. The maximum atomic E-state index is 5.53. The van der Waals surface area contributed by atoms with Crippen LogP contribution in [-0.4, -0.2) is 20.2 Å². The lowest BCUT2D eigenvalue weighted by Crippen LogP contribution is -2.02. The van der Waals surface area contributed by atoms with Crippen LogP contribution in [0.15, 0.2) is 53.3 Å². The minimum Gasteiger partial charge on any atom is -0.465 e.